The van der Waals surface area contributed by atoms with Crippen molar-refractivity contribution in [1.29, 1.82) is 0 Å². The molecule has 2 aliphatic carbocycles. The van der Waals surface area contributed by atoms with Crippen LogP contribution >= 0.6 is 19.8 Å². The Bertz CT molecular complexity index is 1150. The van der Waals surface area contributed by atoms with E-state index in [1.54, 1.807) is 0 Å². The fourth-order valence-corrected chi connectivity index (χ4v) is 11.1. The molecular formula is C27H27F4IO3S. The molecule has 3 aromatic rings. The summed E-state index contributed by atoms with van der Waals surface area (Å²) in [6.45, 7) is 0. The number of fused-ring (bicyclic) bond motifs is 2. The van der Waals surface area contributed by atoms with Crippen molar-refractivity contribution in [3.05, 3.63) is 102 Å². The number of halogens is 5. The number of alkyl halides is 4. The van der Waals surface area contributed by atoms with Gasteiger partial charge in [-0.3, -0.25) is 4.55 Å². The molecule has 3 nitrogen and oxygen atoms in total. The fraction of sp³-hybridized carbons (Fsp3) is 0.333. The molecule has 2 saturated carbocycles. The molecule has 2 fully saturated rings. The van der Waals surface area contributed by atoms with Crippen molar-refractivity contribution in [3.8, 4) is 0 Å². The van der Waals surface area contributed by atoms with Gasteiger partial charge in [0.1, 0.15) is 0 Å². The van der Waals surface area contributed by atoms with E-state index in [-0.39, 0.29) is 12.3 Å². The molecule has 1 N–H and O–H groups in total. The number of rotatable bonds is 6. The minimum atomic E-state index is -6.10. The molecule has 2 bridgehead atoms. The van der Waals surface area contributed by atoms with Gasteiger partial charge in [0, 0.05) is 5.92 Å². The van der Waals surface area contributed by atoms with Crippen molar-refractivity contribution < 1.29 is 30.5 Å². The van der Waals surface area contributed by atoms with Crippen molar-refractivity contribution in [1.82, 2.24) is 0 Å². The second kappa shape index (κ2) is 10.8. The van der Waals surface area contributed by atoms with Gasteiger partial charge in [-0.15, -0.1) is 0 Å². The molecule has 0 radical (unpaired) electrons. The van der Waals surface area contributed by atoms with Crippen LogP contribution in [-0.2, 0) is 10.1 Å². The molecular weight excluding hydrogens is 607 g/mol. The standard InChI is InChI=1S/C18H15I.C9H12F4O3S/c1-4-10-16(11-5-1)19(17-12-6-2-7-13-17)18-14-8-3-9-15-18;10-8(11,9(12,13)17(14,15)16)7-4-5-1-2-6(7)3-5/h1-15H;5-7H,1-4H2,(H,14,15,16). The summed E-state index contributed by atoms with van der Waals surface area (Å²) < 4.78 is 86.8. The molecule has 0 amide bonds. The van der Waals surface area contributed by atoms with Gasteiger partial charge in [-0.05, 0) is 31.1 Å². The Morgan fingerprint density at radius 1 is 0.694 bits per heavy atom. The van der Waals surface area contributed by atoms with Crippen LogP contribution in [0.3, 0.4) is 0 Å². The predicted molar refractivity (Wildman–Crippen MR) is 140 cm³/mol. The molecule has 3 unspecified atom stereocenters. The average molecular weight is 634 g/mol. The fourth-order valence-electron chi connectivity index (χ4n) is 5.08. The second-order valence-corrected chi connectivity index (χ2v) is 15.9. The van der Waals surface area contributed by atoms with Crippen molar-refractivity contribution in [2.75, 3.05) is 0 Å². The van der Waals surface area contributed by atoms with Gasteiger partial charge in [-0.1, -0.05) is 6.42 Å². The van der Waals surface area contributed by atoms with E-state index in [2.05, 4.69) is 91.0 Å². The Morgan fingerprint density at radius 3 is 1.42 bits per heavy atom. The molecule has 0 saturated heterocycles. The summed E-state index contributed by atoms with van der Waals surface area (Å²) in [7, 11) is -6.10. The molecule has 0 spiro atoms. The van der Waals surface area contributed by atoms with Crippen molar-refractivity contribution >= 4 is 29.9 Å². The summed E-state index contributed by atoms with van der Waals surface area (Å²) >= 11 is -1.52. The minimum absolute atomic E-state index is 0.0203. The molecule has 3 aromatic carbocycles. The van der Waals surface area contributed by atoms with E-state index in [9.17, 15) is 26.0 Å². The number of hydrogen-bond acceptors (Lipinski definition) is 2. The molecule has 3 atom stereocenters. The van der Waals surface area contributed by atoms with Crippen molar-refractivity contribution in [2.24, 2.45) is 17.8 Å². The third kappa shape index (κ3) is 5.47. The van der Waals surface area contributed by atoms with Crippen molar-refractivity contribution in [2.45, 2.75) is 36.9 Å². The summed E-state index contributed by atoms with van der Waals surface area (Å²) in [4.78, 5) is 0. The van der Waals surface area contributed by atoms with Gasteiger partial charge < -0.3 is 0 Å². The van der Waals surface area contributed by atoms with E-state index >= 15 is 0 Å². The number of hydrogen-bond donors (Lipinski definition) is 1. The Labute approximate surface area is 216 Å². The summed E-state index contributed by atoms with van der Waals surface area (Å²) in [6.07, 6.45) is 1.51. The molecule has 0 aromatic heterocycles. The topological polar surface area (TPSA) is 54.4 Å². The van der Waals surface area contributed by atoms with Crippen molar-refractivity contribution in [3.63, 3.8) is 0 Å². The first-order valence-electron chi connectivity index (χ1n) is 11.6. The Balaban J connectivity index is 0.000000170. The summed E-state index contributed by atoms with van der Waals surface area (Å²) in [5.74, 6) is -6.95. The molecule has 0 aliphatic heterocycles. The molecule has 5 rings (SSSR count). The van der Waals surface area contributed by atoms with Gasteiger partial charge in [0.15, 0.2) is 0 Å². The van der Waals surface area contributed by atoms with Gasteiger partial charge in [-0.2, -0.15) is 26.0 Å². The third-order valence-electron chi connectivity index (χ3n) is 6.77. The van der Waals surface area contributed by atoms with Gasteiger partial charge >= 0.3 is 143 Å². The Kier molecular flexibility index (Phi) is 8.11. The first kappa shape index (κ1) is 27.1. The van der Waals surface area contributed by atoms with E-state index in [0.717, 1.165) is 6.42 Å². The van der Waals surface area contributed by atoms with Crippen LogP contribution < -0.4 is 0 Å². The predicted octanol–water partition coefficient (Wildman–Crippen LogP) is 7.64. The molecule has 0 heterocycles. The monoisotopic (exact) mass is 634 g/mol. The zero-order valence-electron chi connectivity index (χ0n) is 19.3. The summed E-state index contributed by atoms with van der Waals surface area (Å²) in [5, 5.41) is -5.41. The van der Waals surface area contributed by atoms with E-state index in [1.165, 1.54) is 10.7 Å². The quantitative estimate of drug-likeness (QED) is 0.172. The SMILES string of the molecule is O=S(=O)(O)C(F)(F)C(F)(F)C1CC2CCC1C2.c1ccc(I(c2ccccc2)c2ccccc2)cc1. The maximum absolute atomic E-state index is 13.6. The van der Waals surface area contributed by atoms with E-state index < -0.39 is 53.0 Å². The van der Waals surface area contributed by atoms with Gasteiger partial charge in [-0.25, -0.2) is 0 Å². The van der Waals surface area contributed by atoms with Crippen LogP contribution in [0.4, 0.5) is 17.6 Å². The van der Waals surface area contributed by atoms with Crippen LogP contribution in [0, 0.1) is 28.5 Å². The van der Waals surface area contributed by atoms with Crippen LogP contribution in [0.25, 0.3) is 0 Å². The van der Waals surface area contributed by atoms with Crippen LogP contribution in [0.2, 0.25) is 0 Å². The molecule has 9 heteroatoms. The number of benzene rings is 3. The zero-order chi connectivity index (χ0) is 26.0. The van der Waals surface area contributed by atoms with E-state index in [0.29, 0.717) is 12.8 Å². The molecule has 194 valence electrons. The zero-order valence-corrected chi connectivity index (χ0v) is 22.3. The second-order valence-electron chi connectivity index (χ2n) is 9.07. The third-order valence-corrected chi connectivity index (χ3v) is 13.6. The van der Waals surface area contributed by atoms with Crippen LogP contribution in [0.15, 0.2) is 91.0 Å². The Hall–Kier alpha value is -1.98. The summed E-state index contributed by atoms with van der Waals surface area (Å²) in [6, 6.07) is 32.8. The van der Waals surface area contributed by atoms with Gasteiger partial charge in [0.2, 0.25) is 0 Å². The first-order valence-corrected chi connectivity index (χ1v) is 16.3. The van der Waals surface area contributed by atoms with Crippen LogP contribution in [0.1, 0.15) is 25.7 Å². The molecule has 2 aliphatic rings. The van der Waals surface area contributed by atoms with Gasteiger partial charge in [0.05, 0.1) is 0 Å². The molecule has 36 heavy (non-hydrogen) atoms. The average Bonchev–Trinajstić information content (AvgIpc) is 3.50. The Morgan fingerprint density at radius 2 is 1.11 bits per heavy atom. The van der Waals surface area contributed by atoms with Crippen LogP contribution in [0.5, 0.6) is 0 Å². The normalized spacial score (nSPS) is 22.0. The maximum atomic E-state index is 13.6. The van der Waals surface area contributed by atoms with Crippen LogP contribution in [-0.4, -0.2) is 24.1 Å². The van der Waals surface area contributed by atoms with E-state index in [1.807, 2.05) is 0 Å². The first-order chi connectivity index (χ1) is 17.0. The van der Waals surface area contributed by atoms with E-state index in [4.69, 9.17) is 4.55 Å². The van der Waals surface area contributed by atoms with Gasteiger partial charge in [0.25, 0.3) is 0 Å². The summed E-state index contributed by atoms with van der Waals surface area (Å²) in [5.41, 5.74) is 0.